The quantitative estimate of drug-likeness (QED) is 0.823. The lowest BCUT2D eigenvalue weighted by molar-refractivity contribution is 0.250. The number of hydrogen-bond acceptors (Lipinski definition) is 3. The molecule has 0 aliphatic heterocycles. The molecule has 1 unspecified atom stereocenters. The monoisotopic (exact) mass is 267 g/mol. The van der Waals surface area contributed by atoms with Gasteiger partial charge in [0.05, 0.1) is 25.0 Å². The first-order valence-corrected chi connectivity index (χ1v) is 7.28. The van der Waals surface area contributed by atoms with Crippen LogP contribution in [0.4, 0.5) is 0 Å². The first-order valence-electron chi connectivity index (χ1n) is 7.28. The van der Waals surface area contributed by atoms with Gasteiger partial charge in [-0.2, -0.15) is 5.10 Å². The summed E-state index contributed by atoms with van der Waals surface area (Å²) in [5.74, 6) is 0.886. The number of nitrogens with one attached hydrogen (secondary N) is 1. The lowest BCUT2D eigenvalue weighted by Crippen LogP contribution is -2.35. The molecule has 1 aromatic rings. The third-order valence-corrected chi connectivity index (χ3v) is 3.24. The maximum absolute atomic E-state index is 5.51. The van der Waals surface area contributed by atoms with Crippen molar-refractivity contribution in [2.45, 2.75) is 60.0 Å². The minimum atomic E-state index is 0.119. The van der Waals surface area contributed by atoms with Crippen LogP contribution in [-0.4, -0.2) is 23.4 Å². The molecule has 1 heterocycles. The predicted molar refractivity (Wildman–Crippen MR) is 79.6 cm³/mol. The van der Waals surface area contributed by atoms with Crippen LogP contribution in [-0.2, 0) is 6.54 Å². The van der Waals surface area contributed by atoms with E-state index in [1.54, 1.807) is 7.11 Å². The van der Waals surface area contributed by atoms with Crippen LogP contribution in [0.5, 0.6) is 5.75 Å². The summed E-state index contributed by atoms with van der Waals surface area (Å²) < 4.78 is 7.59. The van der Waals surface area contributed by atoms with E-state index in [4.69, 9.17) is 4.74 Å². The number of aryl methyl sites for hydroxylation is 1. The van der Waals surface area contributed by atoms with Gasteiger partial charge in [0, 0.05) is 6.54 Å². The number of methoxy groups -OCH3 is 1. The number of aromatic nitrogens is 2. The Labute approximate surface area is 117 Å². The van der Waals surface area contributed by atoms with Gasteiger partial charge in [0.2, 0.25) is 0 Å². The van der Waals surface area contributed by atoms with Crippen LogP contribution in [0, 0.1) is 5.41 Å². The summed E-state index contributed by atoms with van der Waals surface area (Å²) in [7, 11) is 1.72. The molecule has 0 aliphatic carbocycles. The average Bonchev–Trinajstić information content (AvgIpc) is 2.72. The third kappa shape index (κ3) is 3.96. The molecule has 0 amide bonds. The van der Waals surface area contributed by atoms with Gasteiger partial charge in [-0.1, -0.05) is 34.6 Å². The Morgan fingerprint density at radius 1 is 1.32 bits per heavy atom. The minimum absolute atomic E-state index is 0.119. The summed E-state index contributed by atoms with van der Waals surface area (Å²) in [6.45, 7) is 13.0. The van der Waals surface area contributed by atoms with Crippen molar-refractivity contribution in [3.05, 3.63) is 11.9 Å². The number of ether oxygens (including phenoxy) is 1. The van der Waals surface area contributed by atoms with Gasteiger partial charge >= 0.3 is 0 Å². The first-order chi connectivity index (χ1) is 8.95. The molecule has 19 heavy (non-hydrogen) atoms. The maximum atomic E-state index is 5.51. The van der Waals surface area contributed by atoms with Gasteiger partial charge in [-0.25, -0.2) is 0 Å². The fourth-order valence-electron chi connectivity index (χ4n) is 2.32. The van der Waals surface area contributed by atoms with Gasteiger partial charge in [0.15, 0.2) is 5.75 Å². The highest BCUT2D eigenvalue weighted by molar-refractivity contribution is 5.29. The molecule has 0 spiro atoms. The molecule has 1 aromatic heterocycles. The second-order valence-electron chi connectivity index (χ2n) is 6.07. The van der Waals surface area contributed by atoms with E-state index in [0.29, 0.717) is 0 Å². The van der Waals surface area contributed by atoms with Crippen LogP contribution in [0.25, 0.3) is 0 Å². The van der Waals surface area contributed by atoms with Crippen LogP contribution < -0.4 is 10.1 Å². The van der Waals surface area contributed by atoms with E-state index >= 15 is 0 Å². The van der Waals surface area contributed by atoms with Gasteiger partial charge in [0.25, 0.3) is 0 Å². The molecule has 0 aliphatic rings. The van der Waals surface area contributed by atoms with Gasteiger partial charge in [-0.15, -0.1) is 0 Å². The Kier molecular flexibility index (Phi) is 5.85. The topological polar surface area (TPSA) is 39.1 Å². The normalized spacial score (nSPS) is 13.6. The van der Waals surface area contributed by atoms with Crippen LogP contribution in [0.3, 0.4) is 0 Å². The summed E-state index contributed by atoms with van der Waals surface area (Å²) in [5, 5.41) is 8.12. The zero-order chi connectivity index (χ0) is 14.5. The zero-order valence-corrected chi connectivity index (χ0v) is 13.3. The highest BCUT2D eigenvalue weighted by Gasteiger charge is 2.31. The number of hydrogen-bond donors (Lipinski definition) is 1. The van der Waals surface area contributed by atoms with Crippen LogP contribution >= 0.6 is 0 Å². The zero-order valence-electron chi connectivity index (χ0n) is 13.3. The number of nitrogens with zero attached hydrogens (tertiary/aromatic N) is 2. The molecule has 0 fully saturated rings. The van der Waals surface area contributed by atoms with E-state index in [1.807, 2.05) is 6.20 Å². The largest absolute Gasteiger partial charge is 0.493 e. The molecule has 0 saturated heterocycles. The van der Waals surface area contributed by atoms with E-state index < -0.39 is 0 Å². The minimum Gasteiger partial charge on any atom is -0.493 e. The highest BCUT2D eigenvalue weighted by atomic mass is 16.5. The van der Waals surface area contributed by atoms with Gasteiger partial charge in [-0.05, 0) is 24.8 Å². The Bertz CT molecular complexity index is 379. The van der Waals surface area contributed by atoms with Crippen LogP contribution in [0.1, 0.15) is 59.2 Å². The SMILES string of the molecule is CCCNC(c1c(OC)cnn1CCC)C(C)(C)C. The molecule has 0 aromatic carbocycles. The van der Waals surface area contributed by atoms with E-state index in [-0.39, 0.29) is 11.5 Å². The molecule has 1 N–H and O–H groups in total. The van der Waals surface area contributed by atoms with E-state index in [2.05, 4.69) is 49.7 Å². The highest BCUT2D eigenvalue weighted by Crippen LogP contribution is 2.37. The van der Waals surface area contributed by atoms with Gasteiger partial charge in [-0.3, -0.25) is 4.68 Å². The summed E-state index contributed by atoms with van der Waals surface area (Å²) in [6.07, 6.45) is 4.02. The second kappa shape index (κ2) is 6.94. The Hall–Kier alpha value is -1.03. The van der Waals surface area contributed by atoms with Crippen molar-refractivity contribution >= 4 is 0 Å². The third-order valence-electron chi connectivity index (χ3n) is 3.24. The van der Waals surface area contributed by atoms with E-state index in [9.17, 15) is 0 Å². The summed E-state index contributed by atoms with van der Waals surface area (Å²) >= 11 is 0. The molecular formula is C15H29N3O. The second-order valence-corrected chi connectivity index (χ2v) is 6.07. The van der Waals surface area contributed by atoms with Crippen molar-refractivity contribution in [2.75, 3.05) is 13.7 Å². The molecule has 1 rings (SSSR count). The molecule has 4 nitrogen and oxygen atoms in total. The van der Waals surface area contributed by atoms with Crippen molar-refractivity contribution < 1.29 is 4.74 Å². The van der Waals surface area contributed by atoms with E-state index in [0.717, 1.165) is 31.7 Å². The average molecular weight is 267 g/mol. The fourth-order valence-corrected chi connectivity index (χ4v) is 2.32. The van der Waals surface area contributed by atoms with Crippen molar-refractivity contribution in [3.8, 4) is 5.75 Å². The molecule has 4 heteroatoms. The van der Waals surface area contributed by atoms with Crippen molar-refractivity contribution in [1.82, 2.24) is 15.1 Å². The van der Waals surface area contributed by atoms with Crippen LogP contribution in [0.15, 0.2) is 6.20 Å². The van der Waals surface area contributed by atoms with Crippen molar-refractivity contribution in [3.63, 3.8) is 0 Å². The molecule has 0 radical (unpaired) electrons. The van der Waals surface area contributed by atoms with E-state index in [1.165, 1.54) is 5.69 Å². The predicted octanol–water partition coefficient (Wildman–Crippen LogP) is 3.39. The smallest absolute Gasteiger partial charge is 0.161 e. The van der Waals surface area contributed by atoms with Crippen molar-refractivity contribution in [1.29, 1.82) is 0 Å². The van der Waals surface area contributed by atoms with Gasteiger partial charge in [0.1, 0.15) is 0 Å². The Morgan fingerprint density at radius 3 is 2.47 bits per heavy atom. The molecule has 110 valence electrons. The fraction of sp³-hybridized carbons (Fsp3) is 0.800. The number of rotatable bonds is 7. The standard InChI is InChI=1S/C15H29N3O/c1-7-9-16-14(15(3,4)5)13-12(19-6)11-17-18(13)10-8-2/h11,14,16H,7-10H2,1-6H3. The molecule has 0 saturated carbocycles. The van der Waals surface area contributed by atoms with Gasteiger partial charge < -0.3 is 10.1 Å². The molecular weight excluding hydrogens is 238 g/mol. The van der Waals surface area contributed by atoms with Crippen molar-refractivity contribution in [2.24, 2.45) is 5.41 Å². The molecule has 0 bridgehead atoms. The summed E-state index contributed by atoms with van der Waals surface area (Å²) in [6, 6.07) is 0.247. The first kappa shape index (κ1) is 16.0. The summed E-state index contributed by atoms with van der Waals surface area (Å²) in [4.78, 5) is 0. The van der Waals surface area contributed by atoms with Crippen LogP contribution in [0.2, 0.25) is 0 Å². The Balaban J connectivity index is 3.15. The molecule has 1 atom stereocenters. The Morgan fingerprint density at radius 2 is 2.00 bits per heavy atom. The lowest BCUT2D eigenvalue weighted by Gasteiger charge is -2.32. The maximum Gasteiger partial charge on any atom is 0.161 e. The summed E-state index contributed by atoms with van der Waals surface area (Å²) in [5.41, 5.74) is 1.29. The lowest BCUT2D eigenvalue weighted by atomic mass is 9.84.